The summed E-state index contributed by atoms with van der Waals surface area (Å²) in [5.41, 5.74) is 0.343. The highest BCUT2D eigenvalue weighted by Gasteiger charge is 2.30. The van der Waals surface area contributed by atoms with E-state index in [1.165, 1.54) is 16.4 Å². The lowest BCUT2D eigenvalue weighted by Crippen LogP contribution is -2.40. The topological polar surface area (TPSA) is 81.4 Å². The summed E-state index contributed by atoms with van der Waals surface area (Å²) in [6.07, 6.45) is 2.39. The van der Waals surface area contributed by atoms with E-state index in [-0.39, 0.29) is 17.4 Å². The van der Waals surface area contributed by atoms with E-state index in [0.29, 0.717) is 25.1 Å². The summed E-state index contributed by atoms with van der Waals surface area (Å²) in [5, 5.41) is 17.9. The Labute approximate surface area is 119 Å². The fourth-order valence-corrected chi connectivity index (χ4v) is 4.14. The van der Waals surface area contributed by atoms with Crippen molar-refractivity contribution in [2.75, 3.05) is 19.7 Å². The number of rotatable bonds is 4. The first kappa shape index (κ1) is 15.0. The second-order valence-corrected chi connectivity index (χ2v) is 6.96. The van der Waals surface area contributed by atoms with E-state index < -0.39 is 10.0 Å². The van der Waals surface area contributed by atoms with E-state index in [9.17, 15) is 8.42 Å². The van der Waals surface area contributed by atoms with Crippen molar-refractivity contribution in [3.63, 3.8) is 0 Å². The number of aliphatic hydroxyl groups is 1. The molecule has 5 nitrogen and oxygen atoms in total. The third-order valence-corrected chi connectivity index (χ3v) is 5.48. The molecule has 1 aromatic rings. The van der Waals surface area contributed by atoms with Gasteiger partial charge in [-0.25, -0.2) is 8.42 Å². The molecule has 1 fully saturated rings. The molecule has 1 saturated heterocycles. The summed E-state index contributed by atoms with van der Waals surface area (Å²) < 4.78 is 26.6. The van der Waals surface area contributed by atoms with Crippen LogP contribution in [-0.4, -0.2) is 37.5 Å². The van der Waals surface area contributed by atoms with Crippen LogP contribution in [-0.2, 0) is 10.0 Å². The molecule has 1 aromatic carbocycles. The Morgan fingerprint density at radius 2 is 2.25 bits per heavy atom. The smallest absolute Gasteiger partial charge is 0.243 e. The Morgan fingerprint density at radius 1 is 1.45 bits per heavy atom. The Hall–Kier alpha value is -1.42. The van der Waals surface area contributed by atoms with Crippen LogP contribution >= 0.6 is 0 Å². The highest BCUT2D eigenvalue weighted by Crippen LogP contribution is 2.25. The van der Waals surface area contributed by atoms with Gasteiger partial charge in [0.1, 0.15) is 0 Å². The maximum absolute atomic E-state index is 12.6. The molecule has 0 bridgehead atoms. The van der Waals surface area contributed by atoms with Crippen LogP contribution in [0, 0.1) is 17.2 Å². The Bertz CT molecular complexity index is 605. The quantitative estimate of drug-likeness (QED) is 0.908. The highest BCUT2D eigenvalue weighted by atomic mass is 32.2. The zero-order chi connectivity index (χ0) is 14.6. The van der Waals surface area contributed by atoms with Crippen molar-refractivity contribution in [3.05, 3.63) is 29.8 Å². The number of nitriles is 1. The van der Waals surface area contributed by atoms with Crippen molar-refractivity contribution in [2.45, 2.75) is 24.2 Å². The van der Waals surface area contributed by atoms with Crippen molar-refractivity contribution in [1.29, 1.82) is 5.26 Å². The lowest BCUT2D eigenvalue weighted by atomic mass is 9.97. The monoisotopic (exact) mass is 294 g/mol. The van der Waals surface area contributed by atoms with E-state index in [0.717, 1.165) is 12.8 Å². The minimum Gasteiger partial charge on any atom is -0.396 e. The molecule has 0 aliphatic carbocycles. The molecule has 0 amide bonds. The number of aliphatic hydroxyl groups excluding tert-OH is 1. The van der Waals surface area contributed by atoms with Crippen LogP contribution in [0.2, 0.25) is 0 Å². The van der Waals surface area contributed by atoms with Crippen molar-refractivity contribution in [3.8, 4) is 6.07 Å². The lowest BCUT2D eigenvalue weighted by Gasteiger charge is -2.31. The predicted octanol–water partition coefficient (Wildman–Crippen LogP) is 1.34. The molecule has 0 spiro atoms. The average molecular weight is 294 g/mol. The van der Waals surface area contributed by atoms with Gasteiger partial charge in [-0.15, -0.1) is 0 Å². The van der Waals surface area contributed by atoms with Crippen molar-refractivity contribution in [1.82, 2.24) is 4.31 Å². The lowest BCUT2D eigenvalue weighted by molar-refractivity contribution is 0.203. The van der Waals surface area contributed by atoms with Gasteiger partial charge in [-0.05, 0) is 43.4 Å². The minimum absolute atomic E-state index is 0.0858. The molecule has 1 aliphatic rings. The van der Waals surface area contributed by atoms with Crippen molar-refractivity contribution in [2.24, 2.45) is 5.92 Å². The Kier molecular flexibility index (Phi) is 4.76. The van der Waals surface area contributed by atoms with Gasteiger partial charge in [0.25, 0.3) is 0 Å². The molecule has 20 heavy (non-hydrogen) atoms. The van der Waals surface area contributed by atoms with Crippen LogP contribution in [0.15, 0.2) is 29.2 Å². The van der Waals surface area contributed by atoms with Crippen LogP contribution in [0.1, 0.15) is 24.8 Å². The summed E-state index contributed by atoms with van der Waals surface area (Å²) in [7, 11) is -3.55. The Balaban J connectivity index is 2.23. The molecular formula is C14H18N2O3S. The average Bonchev–Trinajstić information content (AvgIpc) is 2.48. The van der Waals surface area contributed by atoms with Gasteiger partial charge in [-0.1, -0.05) is 6.07 Å². The van der Waals surface area contributed by atoms with Crippen LogP contribution in [0.5, 0.6) is 0 Å². The van der Waals surface area contributed by atoms with Gasteiger partial charge in [0, 0.05) is 19.7 Å². The fraction of sp³-hybridized carbons (Fsp3) is 0.500. The first-order valence-corrected chi connectivity index (χ1v) is 8.13. The minimum atomic E-state index is -3.55. The molecule has 1 atom stereocenters. The van der Waals surface area contributed by atoms with E-state index in [4.69, 9.17) is 10.4 Å². The van der Waals surface area contributed by atoms with Gasteiger partial charge in [0.2, 0.25) is 10.0 Å². The standard InChI is InChI=1S/C14H18N2O3S/c15-10-13-3-1-5-14(9-13)20(18,19)16-7-2-4-12(11-16)6-8-17/h1,3,5,9,12,17H,2,4,6-8,11H2. The molecule has 2 rings (SSSR count). The maximum Gasteiger partial charge on any atom is 0.243 e. The van der Waals surface area contributed by atoms with Gasteiger partial charge in [-0.3, -0.25) is 0 Å². The second-order valence-electron chi connectivity index (χ2n) is 5.02. The maximum atomic E-state index is 12.6. The van der Waals surface area contributed by atoms with Gasteiger partial charge >= 0.3 is 0 Å². The summed E-state index contributed by atoms with van der Waals surface area (Å²) in [5.74, 6) is 0.211. The fourth-order valence-electron chi connectivity index (χ4n) is 2.54. The summed E-state index contributed by atoms with van der Waals surface area (Å²) in [6, 6.07) is 8.05. The summed E-state index contributed by atoms with van der Waals surface area (Å²) in [6.45, 7) is 1.03. The molecule has 1 N–H and O–H groups in total. The van der Waals surface area contributed by atoms with Gasteiger partial charge < -0.3 is 5.11 Å². The third-order valence-electron chi connectivity index (χ3n) is 3.62. The number of nitrogens with zero attached hydrogens (tertiary/aromatic N) is 2. The van der Waals surface area contributed by atoms with E-state index >= 15 is 0 Å². The summed E-state index contributed by atoms with van der Waals surface area (Å²) >= 11 is 0. The zero-order valence-corrected chi connectivity index (χ0v) is 12.0. The van der Waals surface area contributed by atoms with Crippen molar-refractivity contribution < 1.29 is 13.5 Å². The third kappa shape index (κ3) is 3.18. The van der Waals surface area contributed by atoms with Crippen LogP contribution in [0.3, 0.4) is 0 Å². The Morgan fingerprint density at radius 3 is 2.95 bits per heavy atom. The number of benzene rings is 1. The molecule has 1 unspecified atom stereocenters. The molecule has 0 saturated carbocycles. The molecule has 1 aliphatic heterocycles. The van der Waals surface area contributed by atoms with Crippen LogP contribution in [0.4, 0.5) is 0 Å². The molecule has 0 aromatic heterocycles. The molecule has 1 heterocycles. The largest absolute Gasteiger partial charge is 0.396 e. The zero-order valence-electron chi connectivity index (χ0n) is 11.2. The van der Waals surface area contributed by atoms with E-state index in [1.54, 1.807) is 12.1 Å². The SMILES string of the molecule is N#Cc1cccc(S(=O)(=O)N2CCCC(CCO)C2)c1. The van der Waals surface area contributed by atoms with Crippen molar-refractivity contribution >= 4 is 10.0 Å². The van der Waals surface area contributed by atoms with Gasteiger partial charge in [0.15, 0.2) is 0 Å². The summed E-state index contributed by atoms with van der Waals surface area (Å²) in [4.78, 5) is 0.168. The molecule has 6 heteroatoms. The van der Waals surface area contributed by atoms with Crippen LogP contribution in [0.25, 0.3) is 0 Å². The van der Waals surface area contributed by atoms with E-state index in [1.807, 2.05) is 6.07 Å². The van der Waals surface area contributed by atoms with Gasteiger partial charge in [-0.2, -0.15) is 9.57 Å². The predicted molar refractivity (Wildman–Crippen MR) is 74.3 cm³/mol. The second kappa shape index (κ2) is 6.35. The highest BCUT2D eigenvalue weighted by molar-refractivity contribution is 7.89. The number of hydrogen-bond donors (Lipinski definition) is 1. The number of sulfonamides is 1. The number of hydrogen-bond acceptors (Lipinski definition) is 4. The molecular weight excluding hydrogens is 276 g/mol. The first-order valence-electron chi connectivity index (χ1n) is 6.69. The van der Waals surface area contributed by atoms with Gasteiger partial charge in [0.05, 0.1) is 16.5 Å². The molecule has 108 valence electrons. The molecule has 0 radical (unpaired) electrons. The normalized spacial score (nSPS) is 20.5. The first-order chi connectivity index (χ1) is 9.57. The van der Waals surface area contributed by atoms with E-state index in [2.05, 4.69) is 0 Å². The van der Waals surface area contributed by atoms with Crippen LogP contribution < -0.4 is 0 Å². The number of piperidine rings is 1.